The second kappa shape index (κ2) is 8.93. The van der Waals surface area contributed by atoms with E-state index >= 15 is 0 Å². The van der Waals surface area contributed by atoms with E-state index in [0.717, 1.165) is 6.42 Å². The topological polar surface area (TPSA) is 0 Å². The Bertz CT molecular complexity index is 2050. The molecule has 0 aliphatic heterocycles. The van der Waals surface area contributed by atoms with Gasteiger partial charge in [0.1, 0.15) is 0 Å². The van der Waals surface area contributed by atoms with Gasteiger partial charge in [-0.05, 0) is 94.7 Å². The van der Waals surface area contributed by atoms with Gasteiger partial charge in [0.25, 0.3) is 0 Å². The van der Waals surface area contributed by atoms with E-state index in [1.807, 2.05) is 0 Å². The van der Waals surface area contributed by atoms with Crippen LogP contribution in [0.4, 0.5) is 0 Å². The molecule has 7 aromatic rings. The average Bonchev–Trinajstić information content (AvgIpc) is 3.36. The first-order chi connectivity index (χ1) is 19.7. The fraction of sp³-hybridized carbons (Fsp3) is 0.100. The summed E-state index contributed by atoms with van der Waals surface area (Å²) in [6.45, 7) is 4.56. The third-order valence-electron chi connectivity index (χ3n) is 8.85. The highest BCUT2D eigenvalue weighted by Crippen LogP contribution is 2.47. The Morgan fingerprint density at radius 3 is 1.68 bits per heavy atom. The van der Waals surface area contributed by atoms with Crippen LogP contribution in [0.3, 0.4) is 0 Å². The second-order valence-corrected chi connectivity index (χ2v) is 11.5. The van der Waals surface area contributed by atoms with Gasteiger partial charge in [0, 0.05) is 0 Å². The van der Waals surface area contributed by atoms with Crippen molar-refractivity contribution in [2.24, 2.45) is 0 Å². The molecule has 0 N–H and O–H groups in total. The van der Waals surface area contributed by atoms with E-state index in [1.54, 1.807) is 0 Å². The van der Waals surface area contributed by atoms with Crippen molar-refractivity contribution in [3.63, 3.8) is 0 Å². The van der Waals surface area contributed by atoms with Crippen molar-refractivity contribution in [3.05, 3.63) is 144 Å². The standard InChI is InChI=1S/C40H30/c1-25(2)27-18-20-32-29(22-27)24-30-23-28(19-21-33(30)32)39-35-13-5-7-15-37(35)40(38-16-8-6-14-36(38)39)34-17-9-11-26-10-3-4-12-31(26)34/h3-23,25H,24H2,1-2H3. The molecular formula is C40H30. The summed E-state index contributed by atoms with van der Waals surface area (Å²) in [6.07, 6.45) is 1.00. The van der Waals surface area contributed by atoms with Gasteiger partial charge in [-0.15, -0.1) is 0 Å². The minimum atomic E-state index is 0.544. The van der Waals surface area contributed by atoms with Crippen LogP contribution in [0.2, 0.25) is 0 Å². The lowest BCUT2D eigenvalue weighted by molar-refractivity contribution is 0.864. The number of hydrogen-bond donors (Lipinski definition) is 0. The predicted molar refractivity (Wildman–Crippen MR) is 172 cm³/mol. The molecule has 0 heteroatoms. The Labute approximate surface area is 235 Å². The molecule has 0 radical (unpaired) electrons. The molecule has 0 amide bonds. The summed E-state index contributed by atoms with van der Waals surface area (Å²) in [6, 6.07) is 47.6. The fourth-order valence-electron chi connectivity index (χ4n) is 6.92. The van der Waals surface area contributed by atoms with Gasteiger partial charge in [0.2, 0.25) is 0 Å². The Kier molecular flexibility index (Phi) is 5.19. The van der Waals surface area contributed by atoms with Crippen molar-refractivity contribution in [1.82, 2.24) is 0 Å². The van der Waals surface area contributed by atoms with Crippen molar-refractivity contribution in [1.29, 1.82) is 0 Å². The van der Waals surface area contributed by atoms with Crippen LogP contribution in [0, 0.1) is 0 Å². The Morgan fingerprint density at radius 2 is 1.00 bits per heavy atom. The molecule has 40 heavy (non-hydrogen) atoms. The summed E-state index contributed by atoms with van der Waals surface area (Å²) in [7, 11) is 0. The molecular weight excluding hydrogens is 480 g/mol. The molecule has 0 spiro atoms. The lowest BCUT2D eigenvalue weighted by Crippen LogP contribution is -1.92. The third kappa shape index (κ3) is 3.46. The SMILES string of the molecule is CC(C)c1ccc2c(c1)Cc1cc(-c3c4ccccc4c(-c4cccc5ccccc45)c4ccccc34)ccc1-2. The summed E-state index contributed by atoms with van der Waals surface area (Å²) in [5, 5.41) is 7.79. The molecule has 0 heterocycles. The van der Waals surface area contributed by atoms with E-state index in [9.17, 15) is 0 Å². The van der Waals surface area contributed by atoms with Crippen molar-refractivity contribution < 1.29 is 0 Å². The van der Waals surface area contributed by atoms with Crippen molar-refractivity contribution >= 4 is 32.3 Å². The monoisotopic (exact) mass is 510 g/mol. The molecule has 0 fully saturated rings. The van der Waals surface area contributed by atoms with E-state index in [-0.39, 0.29) is 0 Å². The Morgan fingerprint density at radius 1 is 0.450 bits per heavy atom. The maximum Gasteiger partial charge on any atom is -0.00131 e. The van der Waals surface area contributed by atoms with Crippen LogP contribution in [0.15, 0.2) is 127 Å². The van der Waals surface area contributed by atoms with Crippen molar-refractivity contribution in [2.45, 2.75) is 26.2 Å². The molecule has 0 nitrogen and oxygen atoms in total. The van der Waals surface area contributed by atoms with Crippen molar-refractivity contribution in [2.75, 3.05) is 0 Å². The molecule has 0 saturated carbocycles. The van der Waals surface area contributed by atoms with E-state index in [2.05, 4.69) is 141 Å². The van der Waals surface area contributed by atoms with E-state index in [4.69, 9.17) is 0 Å². The molecule has 0 unspecified atom stereocenters. The minimum absolute atomic E-state index is 0.544. The summed E-state index contributed by atoms with van der Waals surface area (Å²) >= 11 is 0. The first-order valence-corrected chi connectivity index (χ1v) is 14.4. The zero-order chi connectivity index (χ0) is 26.8. The van der Waals surface area contributed by atoms with E-state index < -0.39 is 0 Å². The van der Waals surface area contributed by atoms with Gasteiger partial charge in [-0.25, -0.2) is 0 Å². The quantitative estimate of drug-likeness (QED) is 0.207. The molecule has 0 aromatic heterocycles. The third-order valence-corrected chi connectivity index (χ3v) is 8.85. The predicted octanol–water partition coefficient (Wildman–Crippen LogP) is 11.2. The zero-order valence-electron chi connectivity index (χ0n) is 22.9. The summed E-state index contributed by atoms with van der Waals surface area (Å²) in [5.74, 6) is 0.544. The summed E-state index contributed by atoms with van der Waals surface area (Å²) < 4.78 is 0. The van der Waals surface area contributed by atoms with E-state index in [0.29, 0.717) is 5.92 Å². The van der Waals surface area contributed by atoms with Gasteiger partial charge >= 0.3 is 0 Å². The normalized spacial score (nSPS) is 12.4. The van der Waals surface area contributed by atoms with Crippen LogP contribution in [0.1, 0.15) is 36.5 Å². The van der Waals surface area contributed by atoms with Gasteiger partial charge in [0.15, 0.2) is 0 Å². The number of hydrogen-bond acceptors (Lipinski definition) is 0. The fourth-order valence-corrected chi connectivity index (χ4v) is 6.92. The number of benzene rings is 7. The van der Waals surface area contributed by atoms with Gasteiger partial charge in [-0.1, -0.05) is 141 Å². The smallest absolute Gasteiger partial charge is 0.00131 e. The highest BCUT2D eigenvalue weighted by molar-refractivity contribution is 6.23. The first-order valence-electron chi connectivity index (χ1n) is 14.4. The Hall–Kier alpha value is -4.68. The van der Waals surface area contributed by atoms with Crippen LogP contribution in [-0.2, 0) is 6.42 Å². The zero-order valence-corrected chi connectivity index (χ0v) is 22.9. The van der Waals surface area contributed by atoms with Gasteiger partial charge in [-0.3, -0.25) is 0 Å². The molecule has 7 aromatic carbocycles. The summed E-state index contributed by atoms with van der Waals surface area (Å²) in [4.78, 5) is 0. The molecule has 190 valence electrons. The number of fused-ring (bicyclic) bond motifs is 6. The molecule has 0 atom stereocenters. The highest BCUT2D eigenvalue weighted by atomic mass is 14.3. The molecule has 1 aliphatic carbocycles. The maximum absolute atomic E-state index is 2.45. The lowest BCUT2D eigenvalue weighted by atomic mass is 9.84. The largest absolute Gasteiger partial charge is 0.0616 e. The van der Waals surface area contributed by atoms with Crippen LogP contribution in [-0.4, -0.2) is 0 Å². The second-order valence-electron chi connectivity index (χ2n) is 11.5. The van der Waals surface area contributed by atoms with Crippen molar-refractivity contribution in [3.8, 4) is 33.4 Å². The first kappa shape index (κ1) is 23.2. The van der Waals surface area contributed by atoms with Crippen LogP contribution < -0.4 is 0 Å². The molecule has 1 aliphatic rings. The number of rotatable bonds is 3. The van der Waals surface area contributed by atoms with Gasteiger partial charge < -0.3 is 0 Å². The Balaban J connectivity index is 1.39. The highest BCUT2D eigenvalue weighted by Gasteiger charge is 2.22. The van der Waals surface area contributed by atoms with E-state index in [1.165, 1.54) is 82.4 Å². The maximum atomic E-state index is 2.45. The molecule has 0 bridgehead atoms. The van der Waals surface area contributed by atoms with Gasteiger partial charge in [0.05, 0.1) is 0 Å². The van der Waals surface area contributed by atoms with Crippen LogP contribution in [0.5, 0.6) is 0 Å². The molecule has 0 saturated heterocycles. The molecule has 8 rings (SSSR count). The van der Waals surface area contributed by atoms with Crippen LogP contribution >= 0.6 is 0 Å². The van der Waals surface area contributed by atoms with Crippen LogP contribution in [0.25, 0.3) is 65.7 Å². The summed E-state index contributed by atoms with van der Waals surface area (Å²) in [5.41, 5.74) is 12.3. The lowest BCUT2D eigenvalue weighted by Gasteiger charge is -2.19. The average molecular weight is 511 g/mol. The van der Waals surface area contributed by atoms with Gasteiger partial charge in [-0.2, -0.15) is 0 Å². The minimum Gasteiger partial charge on any atom is -0.0616 e.